The number of carbonyl (C=O) groups is 1. The third-order valence-corrected chi connectivity index (χ3v) is 2.21. The van der Waals surface area contributed by atoms with E-state index in [2.05, 4.69) is 25.7 Å². The minimum Gasteiger partial charge on any atom is -0.461 e. The molecule has 0 saturated heterocycles. The van der Waals surface area contributed by atoms with Gasteiger partial charge in [-0.05, 0) is 13.3 Å². The van der Waals surface area contributed by atoms with Crippen LogP contribution in [0.15, 0.2) is 36.5 Å². The van der Waals surface area contributed by atoms with Gasteiger partial charge in [0.2, 0.25) is 0 Å². The number of allylic oxidation sites excluding steroid dienone is 3. The Morgan fingerprint density at radius 1 is 1.57 bits per heavy atom. The molecule has 0 amide bonds. The molecule has 0 fully saturated rings. The predicted octanol–water partition coefficient (Wildman–Crippen LogP) is 2.63. The molecular formula is C12H16O2. The molecule has 0 unspecified atom stereocenters. The minimum atomic E-state index is -0.311. The molecule has 2 heteroatoms. The molecule has 1 rings (SSSR count). The first-order valence-electron chi connectivity index (χ1n) is 4.70. The monoisotopic (exact) mass is 192 g/mol. The zero-order chi connectivity index (χ0) is 10.6. The van der Waals surface area contributed by atoms with Gasteiger partial charge in [-0.1, -0.05) is 37.8 Å². The molecule has 0 radical (unpaired) electrons. The maximum Gasteiger partial charge on any atom is 0.333 e. The lowest BCUT2D eigenvalue weighted by atomic mass is 9.85. The molecule has 0 spiro atoms. The van der Waals surface area contributed by atoms with Crippen LogP contribution in [0.25, 0.3) is 0 Å². The van der Waals surface area contributed by atoms with E-state index in [1.54, 1.807) is 6.92 Å². The minimum absolute atomic E-state index is 0.0557. The molecule has 0 aromatic rings. The van der Waals surface area contributed by atoms with E-state index < -0.39 is 0 Å². The van der Waals surface area contributed by atoms with Crippen LogP contribution in [0.3, 0.4) is 0 Å². The molecule has 0 bridgehead atoms. The SMILES string of the molecule is C=C(C)C(=O)OC[C@@]1(C)C=CC=CC1. The Morgan fingerprint density at radius 3 is 2.79 bits per heavy atom. The zero-order valence-electron chi connectivity index (χ0n) is 8.75. The van der Waals surface area contributed by atoms with Crippen LogP contribution >= 0.6 is 0 Å². The Hall–Kier alpha value is -1.31. The summed E-state index contributed by atoms with van der Waals surface area (Å²) in [6.45, 7) is 7.67. The van der Waals surface area contributed by atoms with Crippen molar-refractivity contribution in [1.29, 1.82) is 0 Å². The first kappa shape index (κ1) is 10.8. The summed E-state index contributed by atoms with van der Waals surface area (Å²) in [4.78, 5) is 11.2. The van der Waals surface area contributed by atoms with Crippen molar-refractivity contribution >= 4 is 5.97 Å². The molecular weight excluding hydrogens is 176 g/mol. The topological polar surface area (TPSA) is 26.3 Å². The summed E-state index contributed by atoms with van der Waals surface area (Å²) in [6.07, 6.45) is 9.04. The predicted molar refractivity (Wildman–Crippen MR) is 56.8 cm³/mol. The number of rotatable bonds is 3. The molecule has 0 saturated carbocycles. The van der Waals surface area contributed by atoms with E-state index in [1.807, 2.05) is 12.2 Å². The van der Waals surface area contributed by atoms with E-state index in [-0.39, 0.29) is 11.4 Å². The first-order chi connectivity index (χ1) is 6.53. The van der Waals surface area contributed by atoms with Crippen molar-refractivity contribution in [2.45, 2.75) is 20.3 Å². The Balaban J connectivity index is 2.45. The average Bonchev–Trinajstić information content (AvgIpc) is 2.15. The van der Waals surface area contributed by atoms with E-state index in [9.17, 15) is 4.79 Å². The molecule has 1 aliphatic rings. The lowest BCUT2D eigenvalue weighted by Crippen LogP contribution is -2.23. The summed E-state index contributed by atoms with van der Waals surface area (Å²) < 4.78 is 5.12. The summed E-state index contributed by atoms with van der Waals surface area (Å²) in [7, 11) is 0. The fourth-order valence-electron chi connectivity index (χ4n) is 1.23. The van der Waals surface area contributed by atoms with E-state index in [0.29, 0.717) is 12.2 Å². The Kier molecular flexibility index (Phi) is 3.28. The van der Waals surface area contributed by atoms with Gasteiger partial charge in [0.05, 0.1) is 0 Å². The maximum atomic E-state index is 11.2. The number of hydrogen-bond donors (Lipinski definition) is 0. The fourth-order valence-corrected chi connectivity index (χ4v) is 1.23. The van der Waals surface area contributed by atoms with Gasteiger partial charge < -0.3 is 4.74 Å². The van der Waals surface area contributed by atoms with Crippen LogP contribution in [0.1, 0.15) is 20.3 Å². The molecule has 0 aromatic heterocycles. The Labute approximate surface area is 85.0 Å². The van der Waals surface area contributed by atoms with Crippen molar-refractivity contribution in [3.05, 3.63) is 36.5 Å². The smallest absolute Gasteiger partial charge is 0.333 e. The standard InChI is InChI=1S/C12H16O2/c1-10(2)11(13)14-9-12(3)7-5-4-6-8-12/h4-7H,1,8-9H2,2-3H3/t12-/m0/s1. The zero-order valence-corrected chi connectivity index (χ0v) is 8.75. The largest absolute Gasteiger partial charge is 0.461 e. The van der Waals surface area contributed by atoms with Gasteiger partial charge in [0, 0.05) is 11.0 Å². The summed E-state index contributed by atoms with van der Waals surface area (Å²) in [6, 6.07) is 0. The number of ether oxygens (including phenoxy) is 1. The van der Waals surface area contributed by atoms with Crippen LogP contribution in [0, 0.1) is 5.41 Å². The lowest BCUT2D eigenvalue weighted by Gasteiger charge is -2.25. The van der Waals surface area contributed by atoms with E-state index in [0.717, 1.165) is 6.42 Å². The molecule has 14 heavy (non-hydrogen) atoms. The van der Waals surface area contributed by atoms with Gasteiger partial charge in [0.25, 0.3) is 0 Å². The van der Waals surface area contributed by atoms with E-state index >= 15 is 0 Å². The van der Waals surface area contributed by atoms with Gasteiger partial charge in [0.15, 0.2) is 0 Å². The normalized spacial score (nSPS) is 24.7. The third kappa shape index (κ3) is 2.87. The molecule has 2 nitrogen and oxygen atoms in total. The molecule has 76 valence electrons. The van der Waals surface area contributed by atoms with Crippen molar-refractivity contribution < 1.29 is 9.53 Å². The van der Waals surface area contributed by atoms with E-state index in [1.165, 1.54) is 0 Å². The third-order valence-electron chi connectivity index (χ3n) is 2.21. The second-order valence-electron chi connectivity index (χ2n) is 4.00. The summed E-state index contributed by atoms with van der Waals surface area (Å²) in [5.74, 6) is -0.311. The second kappa shape index (κ2) is 4.27. The quantitative estimate of drug-likeness (QED) is 0.507. The van der Waals surface area contributed by atoms with Gasteiger partial charge in [-0.3, -0.25) is 0 Å². The fraction of sp³-hybridized carbons (Fsp3) is 0.417. The number of esters is 1. The Morgan fingerprint density at radius 2 is 2.29 bits per heavy atom. The highest BCUT2D eigenvalue weighted by atomic mass is 16.5. The first-order valence-corrected chi connectivity index (χ1v) is 4.70. The van der Waals surface area contributed by atoms with Gasteiger partial charge >= 0.3 is 5.97 Å². The van der Waals surface area contributed by atoms with Crippen LogP contribution < -0.4 is 0 Å². The molecule has 0 aliphatic heterocycles. The highest BCUT2D eigenvalue weighted by Crippen LogP contribution is 2.27. The van der Waals surface area contributed by atoms with Crippen LogP contribution in [-0.4, -0.2) is 12.6 Å². The highest BCUT2D eigenvalue weighted by Gasteiger charge is 2.23. The molecule has 0 aromatic carbocycles. The number of carbonyl (C=O) groups excluding carboxylic acids is 1. The molecule has 0 heterocycles. The van der Waals surface area contributed by atoms with Crippen molar-refractivity contribution in [3.63, 3.8) is 0 Å². The summed E-state index contributed by atoms with van der Waals surface area (Å²) in [5.41, 5.74) is 0.392. The molecule has 1 atom stereocenters. The van der Waals surface area contributed by atoms with Gasteiger partial charge in [-0.15, -0.1) is 0 Å². The average molecular weight is 192 g/mol. The van der Waals surface area contributed by atoms with Crippen LogP contribution in [0.2, 0.25) is 0 Å². The molecule has 1 aliphatic carbocycles. The van der Waals surface area contributed by atoms with Crippen LogP contribution in [-0.2, 0) is 9.53 Å². The number of hydrogen-bond acceptors (Lipinski definition) is 2. The van der Waals surface area contributed by atoms with Crippen LogP contribution in [0.4, 0.5) is 0 Å². The summed E-state index contributed by atoms with van der Waals surface area (Å²) in [5, 5.41) is 0. The Bertz CT molecular complexity index is 299. The summed E-state index contributed by atoms with van der Waals surface area (Å²) >= 11 is 0. The van der Waals surface area contributed by atoms with Crippen molar-refractivity contribution in [2.24, 2.45) is 5.41 Å². The van der Waals surface area contributed by atoms with Gasteiger partial charge in [0.1, 0.15) is 6.61 Å². The van der Waals surface area contributed by atoms with Crippen LogP contribution in [0.5, 0.6) is 0 Å². The van der Waals surface area contributed by atoms with Crippen molar-refractivity contribution in [2.75, 3.05) is 6.61 Å². The highest BCUT2D eigenvalue weighted by molar-refractivity contribution is 5.86. The molecule has 0 N–H and O–H groups in total. The van der Waals surface area contributed by atoms with E-state index in [4.69, 9.17) is 4.74 Å². The lowest BCUT2D eigenvalue weighted by molar-refractivity contribution is -0.141. The van der Waals surface area contributed by atoms with Gasteiger partial charge in [-0.25, -0.2) is 4.79 Å². The van der Waals surface area contributed by atoms with Crippen molar-refractivity contribution in [1.82, 2.24) is 0 Å². The second-order valence-corrected chi connectivity index (χ2v) is 4.00. The van der Waals surface area contributed by atoms with Gasteiger partial charge in [-0.2, -0.15) is 0 Å². The van der Waals surface area contributed by atoms with Crippen molar-refractivity contribution in [3.8, 4) is 0 Å². The maximum absolute atomic E-state index is 11.2.